The van der Waals surface area contributed by atoms with Crippen molar-refractivity contribution in [2.45, 2.75) is 105 Å². The number of cyclic esters (lactones) is 1. The maximum absolute atomic E-state index is 14.5. The summed E-state index contributed by atoms with van der Waals surface area (Å²) in [7, 11) is 7.04. The Kier molecular flexibility index (Phi) is 14.1. The molecule has 6 heterocycles. The lowest BCUT2D eigenvalue weighted by atomic mass is 9.84. The van der Waals surface area contributed by atoms with Crippen LogP contribution in [0.2, 0.25) is 0 Å². The van der Waals surface area contributed by atoms with Crippen LogP contribution in [0.4, 0.5) is 10.5 Å². The van der Waals surface area contributed by atoms with E-state index in [1.807, 2.05) is 25.4 Å². The zero-order valence-corrected chi connectivity index (χ0v) is 40.5. The summed E-state index contributed by atoms with van der Waals surface area (Å²) >= 11 is 1.44. The normalized spacial score (nSPS) is 20.3. The van der Waals surface area contributed by atoms with Gasteiger partial charge in [0.15, 0.2) is 0 Å². The number of aromatic nitrogens is 3. The van der Waals surface area contributed by atoms with E-state index < -0.39 is 35.4 Å². The van der Waals surface area contributed by atoms with E-state index in [0.29, 0.717) is 30.8 Å². The zero-order valence-electron chi connectivity index (χ0n) is 39.7. The lowest BCUT2D eigenvalue weighted by Crippen LogP contribution is -2.62. The Labute approximate surface area is 382 Å². The molecule has 16 heteroatoms. The molecule has 7 rings (SSSR count). The standard InChI is InChI=1S/C48H68N10O5S/c1-12-57-39-16-15-31-22-33(39)35(43(57)34-23-32(26-49-41(34)29(2)3)56-20-18-54(10)19-21-56)25-48(6,7)28-63-46(61)36-14-13-17-58(52-36)45(60)37(24-40-50-38(31)27-64-40)51-44(59)42(30(4)5)55(11)47(62)53(8)9/h15-16,22-23,26-27,29-30,36-37,42,52H,12-14,17-21,24-25,28H2,1-11H3,(H,51,59)/t36-,37-,42-/m0/s1. The molecule has 3 aromatic heterocycles. The molecule has 0 radical (unpaired) electrons. The number of anilines is 1. The molecule has 15 nitrogen and oxygen atoms in total. The van der Waals surface area contributed by atoms with E-state index in [-0.39, 0.29) is 36.8 Å². The van der Waals surface area contributed by atoms with Crippen LogP contribution in [0.3, 0.4) is 0 Å². The van der Waals surface area contributed by atoms with Gasteiger partial charge in [0.1, 0.15) is 18.1 Å². The summed E-state index contributed by atoms with van der Waals surface area (Å²) in [5.74, 6) is -1.34. The summed E-state index contributed by atoms with van der Waals surface area (Å²) < 4.78 is 8.58. The van der Waals surface area contributed by atoms with Gasteiger partial charge in [-0.3, -0.25) is 24.4 Å². The first-order chi connectivity index (χ1) is 30.4. The number of benzene rings is 1. The number of urea groups is 1. The van der Waals surface area contributed by atoms with Crippen molar-refractivity contribution in [1.82, 2.24) is 45.0 Å². The van der Waals surface area contributed by atoms with Crippen LogP contribution >= 0.6 is 11.3 Å². The Hall–Kier alpha value is -5.06. The quantitative estimate of drug-likeness (QED) is 0.202. The maximum Gasteiger partial charge on any atom is 0.324 e. The van der Waals surface area contributed by atoms with Crippen LogP contribution in [-0.4, -0.2) is 144 Å². The fourth-order valence-corrected chi connectivity index (χ4v) is 10.3. The maximum atomic E-state index is 14.5. The zero-order chi connectivity index (χ0) is 46.2. The van der Waals surface area contributed by atoms with Crippen molar-refractivity contribution in [3.8, 4) is 22.5 Å². The molecule has 2 N–H and O–H groups in total. The van der Waals surface area contributed by atoms with Crippen molar-refractivity contribution >= 4 is 51.7 Å². The highest BCUT2D eigenvalue weighted by atomic mass is 32.1. The molecule has 2 fully saturated rings. The molecular formula is C48H68N10O5S. The van der Waals surface area contributed by atoms with Crippen molar-refractivity contribution in [3.05, 3.63) is 52.1 Å². The van der Waals surface area contributed by atoms with Crippen molar-refractivity contribution in [2.24, 2.45) is 11.3 Å². The number of nitrogens with one attached hydrogen (secondary N) is 2. The van der Waals surface area contributed by atoms with Crippen LogP contribution in [-0.2, 0) is 38.5 Å². The molecule has 0 aliphatic carbocycles. The predicted molar refractivity (Wildman–Crippen MR) is 253 cm³/mol. The van der Waals surface area contributed by atoms with Crippen LogP contribution in [0.1, 0.15) is 83.5 Å². The highest BCUT2D eigenvalue weighted by Crippen LogP contribution is 2.43. The number of piperazine rings is 1. The van der Waals surface area contributed by atoms with Crippen LogP contribution in [0, 0.1) is 11.3 Å². The number of rotatable bonds is 8. The van der Waals surface area contributed by atoms with Crippen molar-refractivity contribution < 1.29 is 23.9 Å². The monoisotopic (exact) mass is 897 g/mol. The SMILES string of the molecule is CCn1c(-c2cc(N3CCN(C)CC3)cnc2C(C)C)c2c3cc(ccc31)-c1csc(n1)C[C@H](NC(=O)[C@H](C(C)C)N(C)C(=O)N(C)C)C(=O)N1CCC[C@H](N1)C(=O)OCC(C)(C)C2. The number of carbonyl (C=O) groups is 4. The summed E-state index contributed by atoms with van der Waals surface area (Å²) in [6.07, 6.45) is 3.84. The first-order valence-electron chi connectivity index (χ1n) is 22.9. The van der Waals surface area contributed by atoms with Crippen LogP contribution < -0.4 is 15.6 Å². The lowest BCUT2D eigenvalue weighted by molar-refractivity contribution is -0.155. The molecule has 4 aromatic rings. The predicted octanol–water partition coefficient (Wildman–Crippen LogP) is 6.01. The fourth-order valence-electron chi connectivity index (χ4n) is 9.48. The van der Waals surface area contributed by atoms with Crippen LogP contribution in [0.25, 0.3) is 33.4 Å². The second-order valence-electron chi connectivity index (χ2n) is 19.5. The highest BCUT2D eigenvalue weighted by molar-refractivity contribution is 7.10. The molecule has 64 heavy (non-hydrogen) atoms. The Balaban J connectivity index is 1.34. The first-order valence-corrected chi connectivity index (χ1v) is 23.8. The van der Waals surface area contributed by atoms with E-state index in [9.17, 15) is 19.2 Å². The summed E-state index contributed by atoms with van der Waals surface area (Å²) in [5, 5.41) is 8.24. The molecule has 6 bridgehead atoms. The molecule has 3 atom stereocenters. The fraction of sp³-hybridized carbons (Fsp3) is 0.583. The third-order valence-electron chi connectivity index (χ3n) is 12.9. The molecule has 4 amide bonds. The Morgan fingerprint density at radius 3 is 2.45 bits per heavy atom. The minimum Gasteiger partial charge on any atom is -0.464 e. The number of hydrazine groups is 1. The number of carbonyl (C=O) groups excluding carboxylic acids is 4. The number of nitrogens with zero attached hydrogens (tertiary/aromatic N) is 8. The third-order valence-corrected chi connectivity index (χ3v) is 13.8. The summed E-state index contributed by atoms with van der Waals surface area (Å²) in [6.45, 7) is 19.7. The number of amides is 4. The Morgan fingerprint density at radius 2 is 1.78 bits per heavy atom. The summed E-state index contributed by atoms with van der Waals surface area (Å²) in [4.78, 5) is 73.6. The van der Waals surface area contributed by atoms with Gasteiger partial charge < -0.3 is 34.2 Å². The van der Waals surface area contributed by atoms with Crippen molar-refractivity contribution in [2.75, 3.05) is 72.4 Å². The van der Waals surface area contributed by atoms with Gasteiger partial charge in [-0.25, -0.2) is 15.2 Å². The Morgan fingerprint density at radius 1 is 1.05 bits per heavy atom. The van der Waals surface area contributed by atoms with Gasteiger partial charge in [-0.15, -0.1) is 11.3 Å². The number of fused-ring (bicyclic) bond motifs is 6. The van der Waals surface area contributed by atoms with Gasteiger partial charge in [-0.1, -0.05) is 47.6 Å². The van der Waals surface area contributed by atoms with E-state index in [4.69, 9.17) is 14.7 Å². The minimum atomic E-state index is -1.03. The Bertz CT molecular complexity index is 2360. The molecule has 3 aliphatic rings. The largest absolute Gasteiger partial charge is 0.464 e. The van der Waals surface area contributed by atoms with Gasteiger partial charge in [0.25, 0.3) is 5.91 Å². The van der Waals surface area contributed by atoms with Gasteiger partial charge in [0.2, 0.25) is 5.91 Å². The van der Waals surface area contributed by atoms with Gasteiger partial charge in [-0.2, -0.15) is 0 Å². The van der Waals surface area contributed by atoms with Crippen molar-refractivity contribution in [1.29, 1.82) is 0 Å². The van der Waals surface area contributed by atoms with E-state index >= 15 is 0 Å². The molecule has 0 spiro atoms. The molecule has 346 valence electrons. The summed E-state index contributed by atoms with van der Waals surface area (Å²) in [5.41, 5.74) is 11.1. The van der Waals surface area contributed by atoms with E-state index in [2.05, 4.69) is 91.0 Å². The second kappa shape index (κ2) is 19.2. The van der Waals surface area contributed by atoms with Gasteiger partial charge in [0.05, 0.1) is 40.6 Å². The molecule has 3 aliphatic heterocycles. The number of hydrogen-bond acceptors (Lipinski definition) is 11. The average molecular weight is 897 g/mol. The molecular weight excluding hydrogens is 829 g/mol. The number of aryl methyl sites for hydroxylation is 1. The molecule has 0 saturated carbocycles. The number of esters is 1. The lowest BCUT2D eigenvalue weighted by Gasteiger charge is -2.36. The first kappa shape index (κ1) is 46.9. The third kappa shape index (κ3) is 9.79. The van der Waals surface area contributed by atoms with Crippen LogP contribution in [0.15, 0.2) is 35.8 Å². The highest BCUT2D eigenvalue weighted by Gasteiger charge is 2.38. The number of likely N-dealkylation sites (N-methyl/N-ethyl adjacent to an activating group) is 2. The van der Waals surface area contributed by atoms with Crippen LogP contribution in [0.5, 0.6) is 0 Å². The average Bonchev–Trinajstić information content (AvgIpc) is 3.85. The van der Waals surface area contributed by atoms with Crippen molar-refractivity contribution in [3.63, 3.8) is 0 Å². The number of thiazole rings is 1. The van der Waals surface area contributed by atoms with E-state index in [1.54, 1.807) is 21.1 Å². The molecule has 1 aromatic carbocycles. The smallest absolute Gasteiger partial charge is 0.324 e. The topological polar surface area (TPSA) is 148 Å². The number of ether oxygens (including phenoxy) is 1. The number of hydrogen-bond donors (Lipinski definition) is 2. The minimum absolute atomic E-state index is 0.116. The van der Waals surface area contributed by atoms with Gasteiger partial charge >= 0.3 is 12.0 Å². The van der Waals surface area contributed by atoms with Gasteiger partial charge in [-0.05, 0) is 68.8 Å². The molecule has 2 saturated heterocycles. The van der Waals surface area contributed by atoms with E-state index in [1.165, 1.54) is 31.7 Å². The second-order valence-corrected chi connectivity index (χ2v) is 20.4. The molecule has 0 unspecified atom stereocenters. The van der Waals surface area contributed by atoms with E-state index in [0.717, 1.165) is 77.5 Å². The summed E-state index contributed by atoms with van der Waals surface area (Å²) in [6, 6.07) is 5.92. The number of pyridine rings is 1. The van der Waals surface area contributed by atoms with Gasteiger partial charge in [0, 0.05) is 99.7 Å².